The van der Waals surface area contributed by atoms with Crippen LogP contribution in [-0.4, -0.2) is 28.8 Å². The molecule has 1 aromatic heterocycles. The number of carbonyl (C=O) groups excluding carboxylic acids is 1. The minimum atomic E-state index is -0.552. The van der Waals surface area contributed by atoms with E-state index in [1.54, 1.807) is 24.3 Å². The lowest BCUT2D eigenvalue weighted by molar-refractivity contribution is -0.123. The lowest BCUT2D eigenvalue weighted by atomic mass is 10.1. The normalized spacial score (nSPS) is 10.5. The van der Waals surface area contributed by atoms with Crippen LogP contribution < -0.4 is 15.6 Å². The minimum absolute atomic E-state index is 0.0115. The zero-order valence-electron chi connectivity index (χ0n) is 14.8. The van der Waals surface area contributed by atoms with E-state index in [1.165, 1.54) is 41.1 Å². The van der Waals surface area contributed by atoms with Crippen LogP contribution in [0.3, 0.4) is 0 Å². The Hall–Kier alpha value is -3.55. The molecule has 0 unspecified atom stereocenters. The highest BCUT2D eigenvalue weighted by atomic mass is 19.1. The Balaban J connectivity index is 1.55. The Labute approximate surface area is 159 Å². The van der Waals surface area contributed by atoms with Crippen molar-refractivity contribution in [2.45, 2.75) is 6.54 Å². The first-order valence-electron chi connectivity index (χ1n) is 8.51. The molecule has 0 aliphatic rings. The van der Waals surface area contributed by atoms with Gasteiger partial charge in [-0.15, -0.1) is 0 Å². The molecule has 1 N–H and O–H groups in total. The van der Waals surface area contributed by atoms with E-state index in [0.29, 0.717) is 11.3 Å². The van der Waals surface area contributed by atoms with E-state index in [4.69, 9.17) is 4.74 Å². The number of nitrogens with zero attached hydrogens (tertiary/aromatic N) is 2. The Morgan fingerprint density at radius 1 is 1.04 bits per heavy atom. The Bertz CT molecular complexity index is 1020. The molecule has 1 amide bonds. The first-order valence-corrected chi connectivity index (χ1v) is 8.51. The summed E-state index contributed by atoms with van der Waals surface area (Å²) in [7, 11) is 0. The van der Waals surface area contributed by atoms with Crippen molar-refractivity contribution in [1.82, 2.24) is 15.1 Å². The molecule has 0 aliphatic carbocycles. The van der Waals surface area contributed by atoms with E-state index >= 15 is 0 Å². The van der Waals surface area contributed by atoms with Crippen molar-refractivity contribution in [1.29, 1.82) is 0 Å². The number of aromatic nitrogens is 2. The van der Waals surface area contributed by atoms with Crippen LogP contribution >= 0.6 is 0 Å². The summed E-state index contributed by atoms with van der Waals surface area (Å²) in [4.78, 5) is 23.8. The molecule has 28 heavy (non-hydrogen) atoms. The maximum atomic E-state index is 13.4. The van der Waals surface area contributed by atoms with Crippen molar-refractivity contribution in [3.05, 3.63) is 82.7 Å². The van der Waals surface area contributed by atoms with E-state index in [0.717, 1.165) is 0 Å². The number of benzene rings is 2. The summed E-state index contributed by atoms with van der Waals surface area (Å²) in [5.74, 6) is -1.38. The smallest absolute Gasteiger partial charge is 0.266 e. The maximum absolute atomic E-state index is 13.4. The van der Waals surface area contributed by atoms with Crippen LogP contribution in [0.25, 0.3) is 11.3 Å². The Morgan fingerprint density at radius 3 is 2.54 bits per heavy atom. The van der Waals surface area contributed by atoms with Crippen LogP contribution in [0.2, 0.25) is 0 Å². The molecule has 0 atom stereocenters. The molecule has 0 radical (unpaired) electrons. The number of ether oxygens (including phenoxy) is 1. The molecule has 8 heteroatoms. The summed E-state index contributed by atoms with van der Waals surface area (Å²) in [5, 5.41) is 6.80. The lowest BCUT2D eigenvalue weighted by Gasteiger charge is -2.10. The number of rotatable bonds is 7. The molecular weight excluding hydrogens is 368 g/mol. The first kappa shape index (κ1) is 19.2. The van der Waals surface area contributed by atoms with E-state index in [2.05, 4.69) is 10.4 Å². The maximum Gasteiger partial charge on any atom is 0.266 e. The predicted molar refractivity (Wildman–Crippen MR) is 98.8 cm³/mol. The highest BCUT2D eigenvalue weighted by Gasteiger charge is 2.07. The van der Waals surface area contributed by atoms with Gasteiger partial charge < -0.3 is 10.1 Å². The number of hydrogen-bond acceptors (Lipinski definition) is 4. The molecule has 0 bridgehead atoms. The number of amides is 1. The second kappa shape index (κ2) is 8.90. The van der Waals surface area contributed by atoms with Gasteiger partial charge in [0, 0.05) is 18.2 Å². The van der Waals surface area contributed by atoms with Gasteiger partial charge in [0.05, 0.1) is 12.2 Å². The number of halogens is 2. The van der Waals surface area contributed by atoms with E-state index < -0.39 is 11.7 Å². The van der Waals surface area contributed by atoms with Crippen LogP contribution in [0.1, 0.15) is 0 Å². The topological polar surface area (TPSA) is 73.2 Å². The second-order valence-corrected chi connectivity index (χ2v) is 5.86. The fourth-order valence-corrected chi connectivity index (χ4v) is 2.44. The van der Waals surface area contributed by atoms with Crippen molar-refractivity contribution in [2.75, 3.05) is 13.2 Å². The van der Waals surface area contributed by atoms with Crippen molar-refractivity contribution >= 4 is 5.91 Å². The third-order valence-electron chi connectivity index (χ3n) is 3.85. The van der Waals surface area contributed by atoms with Gasteiger partial charge in [-0.3, -0.25) is 9.59 Å². The van der Waals surface area contributed by atoms with Crippen molar-refractivity contribution in [3.63, 3.8) is 0 Å². The number of nitrogens with one attached hydrogen (secondary N) is 1. The molecule has 0 aliphatic heterocycles. The largest absolute Gasteiger partial charge is 0.481 e. The van der Waals surface area contributed by atoms with E-state index in [1.807, 2.05) is 0 Å². The highest BCUT2D eigenvalue weighted by Crippen LogP contribution is 2.16. The molecule has 0 fully saturated rings. The lowest BCUT2D eigenvalue weighted by Crippen LogP contribution is -2.34. The molecule has 2 aromatic carbocycles. The standard InChI is InChI=1S/C20H17F2N3O3/c21-15-7-5-14(6-8-15)17-9-10-20(27)25(24-17)12-11-23-19(26)13-28-18-4-2-1-3-16(18)22/h1-10H,11-13H2,(H,23,26). The number of carbonyl (C=O) groups is 1. The number of hydrogen-bond donors (Lipinski definition) is 1. The van der Waals surface area contributed by atoms with Gasteiger partial charge in [-0.1, -0.05) is 12.1 Å². The summed E-state index contributed by atoms with van der Waals surface area (Å²) in [6, 6.07) is 14.4. The zero-order chi connectivity index (χ0) is 19.9. The quantitative estimate of drug-likeness (QED) is 0.678. The van der Waals surface area contributed by atoms with Gasteiger partial charge >= 0.3 is 0 Å². The summed E-state index contributed by atoms with van der Waals surface area (Å²) < 4.78 is 32.8. The highest BCUT2D eigenvalue weighted by molar-refractivity contribution is 5.77. The summed E-state index contributed by atoms with van der Waals surface area (Å²) >= 11 is 0. The average molecular weight is 385 g/mol. The van der Waals surface area contributed by atoms with Crippen molar-refractivity contribution in [2.24, 2.45) is 0 Å². The summed E-state index contributed by atoms with van der Waals surface area (Å²) in [6.45, 7) is -0.0720. The van der Waals surface area contributed by atoms with E-state index in [-0.39, 0.29) is 36.8 Å². The van der Waals surface area contributed by atoms with E-state index in [9.17, 15) is 18.4 Å². The molecule has 3 rings (SSSR count). The fraction of sp³-hybridized carbons (Fsp3) is 0.150. The molecular formula is C20H17F2N3O3. The van der Waals surface area contributed by atoms with Gasteiger partial charge in [0.1, 0.15) is 5.82 Å². The third kappa shape index (κ3) is 5.00. The SMILES string of the molecule is O=C(COc1ccccc1F)NCCn1nc(-c2ccc(F)cc2)ccc1=O. The van der Waals surface area contributed by atoms with Crippen LogP contribution in [0.15, 0.2) is 65.5 Å². The van der Waals surface area contributed by atoms with Gasteiger partial charge in [0.2, 0.25) is 0 Å². The fourth-order valence-electron chi connectivity index (χ4n) is 2.44. The molecule has 0 spiro atoms. The van der Waals surface area contributed by atoms with Gasteiger partial charge in [0.15, 0.2) is 18.2 Å². The monoisotopic (exact) mass is 385 g/mol. The minimum Gasteiger partial charge on any atom is -0.481 e. The predicted octanol–water partition coefficient (Wildman–Crippen LogP) is 2.38. The number of para-hydroxylation sites is 1. The molecule has 6 nitrogen and oxygen atoms in total. The van der Waals surface area contributed by atoms with Crippen LogP contribution in [0.5, 0.6) is 5.75 Å². The van der Waals surface area contributed by atoms with Crippen LogP contribution in [0.4, 0.5) is 8.78 Å². The van der Waals surface area contributed by atoms with Gasteiger partial charge in [0.25, 0.3) is 11.5 Å². The molecule has 0 saturated heterocycles. The van der Waals surface area contributed by atoms with Gasteiger partial charge in [-0.2, -0.15) is 5.10 Å². The van der Waals surface area contributed by atoms with Crippen molar-refractivity contribution < 1.29 is 18.3 Å². The van der Waals surface area contributed by atoms with Crippen LogP contribution in [-0.2, 0) is 11.3 Å². The Kier molecular flexibility index (Phi) is 6.11. The van der Waals surface area contributed by atoms with Gasteiger partial charge in [-0.05, 0) is 42.5 Å². The molecule has 144 valence electrons. The second-order valence-electron chi connectivity index (χ2n) is 5.86. The molecule has 1 heterocycles. The first-order chi connectivity index (χ1) is 13.5. The molecule has 3 aromatic rings. The zero-order valence-corrected chi connectivity index (χ0v) is 14.8. The third-order valence-corrected chi connectivity index (χ3v) is 3.85. The summed E-state index contributed by atoms with van der Waals surface area (Å²) in [5.41, 5.74) is 0.842. The van der Waals surface area contributed by atoms with Gasteiger partial charge in [-0.25, -0.2) is 13.5 Å². The molecule has 0 saturated carbocycles. The van der Waals surface area contributed by atoms with Crippen molar-refractivity contribution in [3.8, 4) is 17.0 Å². The average Bonchev–Trinajstić information content (AvgIpc) is 2.69. The Morgan fingerprint density at radius 2 is 1.79 bits per heavy atom. The summed E-state index contributed by atoms with van der Waals surface area (Å²) in [6.07, 6.45) is 0. The van der Waals surface area contributed by atoms with Crippen LogP contribution in [0, 0.1) is 11.6 Å².